The molecule has 0 spiro atoms. The Kier molecular flexibility index (Phi) is 3.62. The Morgan fingerprint density at radius 3 is 2.57 bits per heavy atom. The average molecular weight is 282 g/mol. The molecule has 0 unspecified atom stereocenters. The molecule has 4 heteroatoms. The summed E-state index contributed by atoms with van der Waals surface area (Å²) in [5.74, 6) is 1.83. The van der Waals surface area contributed by atoms with E-state index in [1.807, 2.05) is 44.3 Å². The molecule has 0 saturated heterocycles. The van der Waals surface area contributed by atoms with Gasteiger partial charge in [0, 0.05) is 36.3 Å². The number of hydrogen-bond acceptors (Lipinski definition) is 4. The number of rotatable bonds is 4. The van der Waals surface area contributed by atoms with Gasteiger partial charge in [-0.2, -0.15) is 0 Å². The predicted molar refractivity (Wildman–Crippen MR) is 83.2 cm³/mol. The molecule has 0 amide bonds. The van der Waals surface area contributed by atoms with Crippen molar-refractivity contribution in [2.45, 2.75) is 20.1 Å². The van der Waals surface area contributed by atoms with Crippen LogP contribution in [-0.2, 0) is 13.2 Å². The number of aryl methyl sites for hydroxylation is 1. The van der Waals surface area contributed by atoms with Crippen LogP contribution in [0.4, 0.5) is 5.82 Å². The van der Waals surface area contributed by atoms with Crippen LogP contribution in [0.15, 0.2) is 47.2 Å². The Hall–Kier alpha value is -2.33. The van der Waals surface area contributed by atoms with E-state index < -0.39 is 0 Å². The number of nitrogens with zero attached hydrogens (tertiary/aromatic N) is 2. The summed E-state index contributed by atoms with van der Waals surface area (Å²) in [4.78, 5) is 6.62. The average Bonchev–Trinajstić information content (AvgIpc) is 2.91. The Labute approximate surface area is 123 Å². The minimum Gasteiger partial charge on any atom is -0.469 e. The molecule has 0 aliphatic rings. The second kappa shape index (κ2) is 5.58. The molecule has 1 aromatic carbocycles. The highest BCUT2D eigenvalue weighted by molar-refractivity contribution is 5.94. The minimum atomic E-state index is -0.00164. The van der Waals surface area contributed by atoms with Gasteiger partial charge in [0.25, 0.3) is 0 Å². The number of hydrogen-bond donors (Lipinski definition) is 1. The van der Waals surface area contributed by atoms with Crippen LogP contribution in [0.3, 0.4) is 0 Å². The molecular weight excluding hydrogens is 264 g/mol. The Morgan fingerprint density at radius 2 is 1.90 bits per heavy atom. The number of benzene rings is 1. The third kappa shape index (κ3) is 2.50. The fraction of sp³-hybridized carbons (Fsp3) is 0.235. The number of aliphatic hydroxyl groups excluding tert-OH is 1. The maximum Gasteiger partial charge on any atom is 0.136 e. The molecule has 0 radical (unpaired) electrons. The molecule has 0 fully saturated rings. The van der Waals surface area contributed by atoms with Gasteiger partial charge in [-0.1, -0.05) is 24.3 Å². The van der Waals surface area contributed by atoms with Crippen LogP contribution >= 0.6 is 0 Å². The molecule has 1 N–H and O–H groups in total. The summed E-state index contributed by atoms with van der Waals surface area (Å²) in [5, 5.41) is 11.5. The first-order chi connectivity index (χ1) is 10.2. The van der Waals surface area contributed by atoms with Crippen LogP contribution in [0.25, 0.3) is 10.8 Å². The van der Waals surface area contributed by atoms with Crippen molar-refractivity contribution < 1.29 is 9.52 Å². The molecular formula is C17H18N2O2. The smallest absolute Gasteiger partial charge is 0.136 e. The van der Waals surface area contributed by atoms with Crippen molar-refractivity contribution in [3.8, 4) is 0 Å². The van der Waals surface area contributed by atoms with E-state index in [1.165, 1.54) is 0 Å². The highest BCUT2D eigenvalue weighted by atomic mass is 16.3. The molecule has 3 aromatic rings. The fourth-order valence-electron chi connectivity index (χ4n) is 2.57. The second-order valence-electron chi connectivity index (χ2n) is 5.17. The number of aromatic nitrogens is 1. The van der Waals surface area contributed by atoms with Crippen molar-refractivity contribution in [1.82, 2.24) is 4.98 Å². The minimum absolute atomic E-state index is 0.00164. The third-order valence-corrected chi connectivity index (χ3v) is 3.76. The molecule has 0 aliphatic heterocycles. The highest BCUT2D eigenvalue weighted by Crippen LogP contribution is 2.27. The molecule has 0 saturated carbocycles. The molecule has 108 valence electrons. The number of pyridine rings is 1. The van der Waals surface area contributed by atoms with E-state index in [9.17, 15) is 5.11 Å². The van der Waals surface area contributed by atoms with Crippen molar-refractivity contribution in [3.63, 3.8) is 0 Å². The van der Waals surface area contributed by atoms with Gasteiger partial charge >= 0.3 is 0 Å². The van der Waals surface area contributed by atoms with E-state index in [1.54, 1.807) is 12.5 Å². The van der Waals surface area contributed by atoms with Crippen LogP contribution in [-0.4, -0.2) is 17.1 Å². The quantitative estimate of drug-likeness (QED) is 0.798. The number of anilines is 1. The highest BCUT2D eigenvalue weighted by Gasteiger charge is 2.12. The van der Waals surface area contributed by atoms with Gasteiger partial charge in [-0.05, 0) is 18.4 Å². The van der Waals surface area contributed by atoms with Crippen LogP contribution < -0.4 is 4.90 Å². The first-order valence-corrected chi connectivity index (χ1v) is 6.92. The molecule has 21 heavy (non-hydrogen) atoms. The van der Waals surface area contributed by atoms with E-state index in [0.29, 0.717) is 0 Å². The number of aliphatic hydroxyl groups is 1. The lowest BCUT2D eigenvalue weighted by atomic mass is 10.1. The lowest BCUT2D eigenvalue weighted by Gasteiger charge is -2.20. The van der Waals surface area contributed by atoms with Gasteiger partial charge in [0.1, 0.15) is 11.6 Å². The maximum atomic E-state index is 9.44. The molecule has 2 heterocycles. The van der Waals surface area contributed by atoms with E-state index in [-0.39, 0.29) is 6.61 Å². The SMILES string of the molecule is Cc1occc1CN(C)c1ncc(CO)c2ccccc12. The van der Waals surface area contributed by atoms with Gasteiger partial charge in [-0.25, -0.2) is 4.98 Å². The summed E-state index contributed by atoms with van der Waals surface area (Å²) in [7, 11) is 2.01. The molecule has 0 bridgehead atoms. The summed E-state index contributed by atoms with van der Waals surface area (Å²) in [6.45, 7) is 2.69. The predicted octanol–water partition coefficient (Wildman–Crippen LogP) is 3.26. The molecule has 0 atom stereocenters. The van der Waals surface area contributed by atoms with Gasteiger partial charge in [0.2, 0.25) is 0 Å². The van der Waals surface area contributed by atoms with Crippen molar-refractivity contribution >= 4 is 16.6 Å². The molecule has 3 rings (SSSR count). The number of fused-ring (bicyclic) bond motifs is 1. The van der Waals surface area contributed by atoms with Crippen LogP contribution in [0.5, 0.6) is 0 Å². The van der Waals surface area contributed by atoms with E-state index in [4.69, 9.17) is 4.42 Å². The zero-order chi connectivity index (χ0) is 14.8. The lowest BCUT2D eigenvalue weighted by molar-refractivity contribution is 0.283. The molecule has 0 aliphatic carbocycles. The van der Waals surface area contributed by atoms with E-state index >= 15 is 0 Å². The van der Waals surface area contributed by atoms with Crippen LogP contribution in [0.1, 0.15) is 16.9 Å². The normalized spacial score (nSPS) is 11.0. The van der Waals surface area contributed by atoms with E-state index in [2.05, 4.69) is 9.88 Å². The first-order valence-electron chi connectivity index (χ1n) is 6.92. The van der Waals surface area contributed by atoms with Gasteiger partial charge in [-0.15, -0.1) is 0 Å². The van der Waals surface area contributed by atoms with Gasteiger partial charge < -0.3 is 14.4 Å². The molecule has 2 aromatic heterocycles. The third-order valence-electron chi connectivity index (χ3n) is 3.76. The Morgan fingerprint density at radius 1 is 1.14 bits per heavy atom. The lowest BCUT2D eigenvalue weighted by Crippen LogP contribution is -2.18. The van der Waals surface area contributed by atoms with Crippen LogP contribution in [0.2, 0.25) is 0 Å². The van der Waals surface area contributed by atoms with Gasteiger partial charge in [0.05, 0.1) is 12.9 Å². The standard InChI is InChI=1S/C17H18N2O2/c1-12-13(7-8-21-12)10-19(2)17-16-6-4-3-5-15(16)14(11-20)9-18-17/h3-9,20H,10-11H2,1-2H3. The van der Waals surface area contributed by atoms with Crippen LogP contribution in [0, 0.1) is 6.92 Å². The van der Waals surface area contributed by atoms with Crippen molar-refractivity contribution in [3.05, 3.63) is 59.7 Å². The monoisotopic (exact) mass is 282 g/mol. The number of furan rings is 1. The molecule has 4 nitrogen and oxygen atoms in total. The summed E-state index contributed by atoms with van der Waals surface area (Å²) in [6, 6.07) is 10.0. The van der Waals surface area contributed by atoms with Crippen molar-refractivity contribution in [2.75, 3.05) is 11.9 Å². The summed E-state index contributed by atoms with van der Waals surface area (Å²) < 4.78 is 5.35. The largest absolute Gasteiger partial charge is 0.469 e. The summed E-state index contributed by atoms with van der Waals surface area (Å²) in [6.07, 6.45) is 3.45. The summed E-state index contributed by atoms with van der Waals surface area (Å²) in [5.41, 5.74) is 2.00. The summed E-state index contributed by atoms with van der Waals surface area (Å²) >= 11 is 0. The zero-order valence-corrected chi connectivity index (χ0v) is 12.2. The second-order valence-corrected chi connectivity index (χ2v) is 5.17. The fourth-order valence-corrected chi connectivity index (χ4v) is 2.57. The Bertz CT molecular complexity index is 764. The van der Waals surface area contributed by atoms with Gasteiger partial charge in [0.15, 0.2) is 0 Å². The van der Waals surface area contributed by atoms with Crippen molar-refractivity contribution in [2.24, 2.45) is 0 Å². The maximum absolute atomic E-state index is 9.44. The zero-order valence-electron chi connectivity index (χ0n) is 12.2. The van der Waals surface area contributed by atoms with Gasteiger partial charge in [-0.3, -0.25) is 0 Å². The van der Waals surface area contributed by atoms with Crippen molar-refractivity contribution in [1.29, 1.82) is 0 Å². The topological polar surface area (TPSA) is 49.5 Å². The first kappa shape index (κ1) is 13.6. The Balaban J connectivity index is 2.02. The van der Waals surface area contributed by atoms with E-state index in [0.717, 1.165) is 40.0 Å².